The van der Waals surface area contributed by atoms with Crippen molar-refractivity contribution in [2.75, 3.05) is 26.2 Å². The molecule has 1 aliphatic heterocycles. The summed E-state index contributed by atoms with van der Waals surface area (Å²) in [6.45, 7) is 4.47. The Labute approximate surface area is 151 Å². The first-order valence-corrected chi connectivity index (χ1v) is 8.87. The van der Waals surface area contributed by atoms with Gasteiger partial charge in [0.25, 0.3) is 0 Å². The molecule has 2 N–H and O–H groups in total. The van der Waals surface area contributed by atoms with Gasteiger partial charge in [-0.15, -0.1) is 12.4 Å². The maximum absolute atomic E-state index is 12.5. The van der Waals surface area contributed by atoms with E-state index in [0.717, 1.165) is 45.6 Å². The van der Waals surface area contributed by atoms with Gasteiger partial charge in [0.1, 0.15) is 0 Å². The standard InChI is InChI=1S/C18H28N4O.ClH/c19-17-6-2-1-5-16(17)12-18(23)22-10-8-21(9-11-22)14-15-4-3-7-20-13-15;/h3-4,7,13,16-17H,1-2,5-6,8-12,14,19H2;1H. The van der Waals surface area contributed by atoms with Crippen LogP contribution in [0.5, 0.6) is 0 Å². The molecule has 5 nitrogen and oxygen atoms in total. The molecule has 0 bridgehead atoms. The Morgan fingerprint density at radius 1 is 1.21 bits per heavy atom. The number of nitrogens with two attached hydrogens (primary N) is 1. The molecule has 1 aromatic rings. The van der Waals surface area contributed by atoms with Gasteiger partial charge in [-0.2, -0.15) is 0 Å². The molecule has 6 heteroatoms. The van der Waals surface area contributed by atoms with E-state index >= 15 is 0 Å². The number of piperazine rings is 1. The van der Waals surface area contributed by atoms with Crippen molar-refractivity contribution >= 4 is 18.3 Å². The van der Waals surface area contributed by atoms with Gasteiger partial charge in [0.2, 0.25) is 5.91 Å². The molecule has 2 fully saturated rings. The molecule has 1 saturated heterocycles. The van der Waals surface area contributed by atoms with E-state index in [-0.39, 0.29) is 18.4 Å². The molecule has 1 aromatic heterocycles. The Hall–Kier alpha value is -1.17. The van der Waals surface area contributed by atoms with Crippen LogP contribution in [0.4, 0.5) is 0 Å². The molecule has 1 aliphatic carbocycles. The fourth-order valence-electron chi connectivity index (χ4n) is 3.75. The highest BCUT2D eigenvalue weighted by atomic mass is 35.5. The third-order valence-electron chi connectivity index (χ3n) is 5.26. The van der Waals surface area contributed by atoms with Crippen LogP contribution in [0.25, 0.3) is 0 Å². The monoisotopic (exact) mass is 352 g/mol. The minimum absolute atomic E-state index is 0. The Morgan fingerprint density at radius 2 is 1.96 bits per heavy atom. The van der Waals surface area contributed by atoms with E-state index in [9.17, 15) is 4.79 Å². The van der Waals surface area contributed by atoms with Crippen LogP contribution >= 0.6 is 12.4 Å². The molecular weight excluding hydrogens is 324 g/mol. The van der Waals surface area contributed by atoms with Crippen molar-refractivity contribution in [3.63, 3.8) is 0 Å². The minimum Gasteiger partial charge on any atom is -0.340 e. The average molecular weight is 353 g/mol. The van der Waals surface area contributed by atoms with Crippen LogP contribution in [0.3, 0.4) is 0 Å². The number of halogens is 1. The van der Waals surface area contributed by atoms with Gasteiger partial charge in [0.15, 0.2) is 0 Å². The molecule has 134 valence electrons. The van der Waals surface area contributed by atoms with Crippen LogP contribution in [0, 0.1) is 5.92 Å². The third kappa shape index (κ3) is 5.16. The number of aromatic nitrogens is 1. The summed E-state index contributed by atoms with van der Waals surface area (Å²) in [6, 6.07) is 4.30. The van der Waals surface area contributed by atoms with Crippen LogP contribution in [0.1, 0.15) is 37.7 Å². The first kappa shape index (κ1) is 19.2. The van der Waals surface area contributed by atoms with Gasteiger partial charge in [0, 0.05) is 57.6 Å². The van der Waals surface area contributed by atoms with E-state index in [0.29, 0.717) is 18.2 Å². The summed E-state index contributed by atoms with van der Waals surface area (Å²) < 4.78 is 0. The van der Waals surface area contributed by atoms with Crippen molar-refractivity contribution in [1.82, 2.24) is 14.8 Å². The maximum Gasteiger partial charge on any atom is 0.222 e. The summed E-state index contributed by atoms with van der Waals surface area (Å²) in [5.41, 5.74) is 7.42. The Bertz CT molecular complexity index is 505. The number of hydrogen-bond donors (Lipinski definition) is 1. The Morgan fingerprint density at radius 3 is 2.62 bits per heavy atom. The zero-order valence-corrected chi connectivity index (χ0v) is 15.1. The fraction of sp³-hybridized carbons (Fsp3) is 0.667. The summed E-state index contributed by atoms with van der Waals surface area (Å²) in [5.74, 6) is 0.693. The first-order chi connectivity index (χ1) is 11.2. The van der Waals surface area contributed by atoms with Gasteiger partial charge < -0.3 is 10.6 Å². The molecule has 0 radical (unpaired) electrons. The fourth-order valence-corrected chi connectivity index (χ4v) is 3.75. The second kappa shape index (κ2) is 9.35. The topological polar surface area (TPSA) is 62.5 Å². The van der Waals surface area contributed by atoms with Gasteiger partial charge in [-0.05, 0) is 30.4 Å². The highest BCUT2D eigenvalue weighted by Crippen LogP contribution is 2.26. The zero-order chi connectivity index (χ0) is 16.1. The van der Waals surface area contributed by atoms with Gasteiger partial charge >= 0.3 is 0 Å². The number of nitrogens with zero attached hydrogens (tertiary/aromatic N) is 3. The Kier molecular flexibility index (Phi) is 7.46. The number of pyridine rings is 1. The van der Waals surface area contributed by atoms with Gasteiger partial charge in [-0.1, -0.05) is 18.9 Å². The lowest BCUT2D eigenvalue weighted by molar-refractivity contribution is -0.134. The van der Waals surface area contributed by atoms with Crippen LogP contribution < -0.4 is 5.73 Å². The van der Waals surface area contributed by atoms with Crippen molar-refractivity contribution in [3.8, 4) is 0 Å². The maximum atomic E-state index is 12.5. The predicted molar refractivity (Wildman–Crippen MR) is 97.9 cm³/mol. The van der Waals surface area contributed by atoms with E-state index in [1.54, 1.807) is 6.20 Å². The predicted octanol–water partition coefficient (Wildman–Crippen LogP) is 2.06. The van der Waals surface area contributed by atoms with Crippen LogP contribution in [-0.4, -0.2) is 52.9 Å². The molecule has 1 saturated carbocycles. The smallest absolute Gasteiger partial charge is 0.222 e. The van der Waals surface area contributed by atoms with E-state index in [1.165, 1.54) is 18.4 Å². The van der Waals surface area contributed by atoms with Gasteiger partial charge in [-0.3, -0.25) is 14.7 Å². The molecule has 2 unspecified atom stereocenters. The van der Waals surface area contributed by atoms with Crippen LogP contribution in [0.15, 0.2) is 24.5 Å². The minimum atomic E-state index is 0. The van der Waals surface area contributed by atoms with Crippen LogP contribution in [-0.2, 0) is 11.3 Å². The lowest BCUT2D eigenvalue weighted by Gasteiger charge is -2.36. The summed E-state index contributed by atoms with van der Waals surface area (Å²) >= 11 is 0. The molecule has 2 aliphatic rings. The number of carbonyl (C=O) groups excluding carboxylic acids is 1. The van der Waals surface area contributed by atoms with Crippen molar-refractivity contribution in [1.29, 1.82) is 0 Å². The summed E-state index contributed by atoms with van der Waals surface area (Å²) in [4.78, 5) is 21.1. The van der Waals surface area contributed by atoms with Gasteiger partial charge in [-0.25, -0.2) is 0 Å². The summed E-state index contributed by atoms with van der Waals surface area (Å²) in [5, 5.41) is 0. The SMILES string of the molecule is Cl.NC1CCCCC1CC(=O)N1CCN(Cc2cccnc2)CC1. The molecule has 3 rings (SSSR count). The number of rotatable bonds is 4. The first-order valence-electron chi connectivity index (χ1n) is 8.87. The van der Waals surface area contributed by atoms with Crippen molar-refractivity contribution in [2.45, 2.75) is 44.7 Å². The number of hydrogen-bond acceptors (Lipinski definition) is 4. The zero-order valence-electron chi connectivity index (χ0n) is 14.3. The van der Waals surface area contributed by atoms with E-state index < -0.39 is 0 Å². The van der Waals surface area contributed by atoms with E-state index in [2.05, 4.69) is 16.0 Å². The summed E-state index contributed by atoms with van der Waals surface area (Å²) in [6.07, 6.45) is 9.01. The van der Waals surface area contributed by atoms with Crippen molar-refractivity contribution in [2.24, 2.45) is 11.7 Å². The molecule has 0 aromatic carbocycles. The highest BCUT2D eigenvalue weighted by molar-refractivity contribution is 5.85. The molecule has 2 heterocycles. The molecular formula is C18H29ClN4O. The van der Waals surface area contributed by atoms with E-state index in [4.69, 9.17) is 5.73 Å². The normalized spacial score (nSPS) is 25.1. The quantitative estimate of drug-likeness (QED) is 0.900. The molecule has 0 spiro atoms. The molecule has 24 heavy (non-hydrogen) atoms. The summed E-state index contributed by atoms with van der Waals surface area (Å²) in [7, 11) is 0. The Balaban J connectivity index is 0.00000208. The average Bonchev–Trinajstić information content (AvgIpc) is 2.58. The van der Waals surface area contributed by atoms with Gasteiger partial charge in [0.05, 0.1) is 0 Å². The second-order valence-corrected chi connectivity index (χ2v) is 6.93. The lowest BCUT2D eigenvalue weighted by atomic mass is 9.82. The van der Waals surface area contributed by atoms with Crippen molar-refractivity contribution in [3.05, 3.63) is 30.1 Å². The second-order valence-electron chi connectivity index (χ2n) is 6.93. The molecule has 1 amide bonds. The molecule has 2 atom stereocenters. The van der Waals surface area contributed by atoms with Crippen molar-refractivity contribution < 1.29 is 4.79 Å². The highest BCUT2D eigenvalue weighted by Gasteiger charge is 2.28. The van der Waals surface area contributed by atoms with E-state index in [1.807, 2.05) is 17.2 Å². The lowest BCUT2D eigenvalue weighted by Crippen LogP contribution is -2.49. The number of carbonyl (C=O) groups is 1. The number of amides is 1. The third-order valence-corrected chi connectivity index (χ3v) is 5.26. The van der Waals surface area contributed by atoms with Crippen LogP contribution in [0.2, 0.25) is 0 Å². The largest absolute Gasteiger partial charge is 0.340 e.